The van der Waals surface area contributed by atoms with E-state index >= 15 is 0 Å². The summed E-state index contributed by atoms with van der Waals surface area (Å²) in [4.78, 5) is 21.4. The van der Waals surface area contributed by atoms with E-state index in [1.165, 1.54) is 0 Å². The molecule has 92 valence electrons. The Balaban J connectivity index is 3.44. The van der Waals surface area contributed by atoms with Crippen molar-refractivity contribution >= 4 is 12.6 Å². The SMILES string of the molecule is CCOc1c(C=O)cc(C(F)(F)F)cc1C=O. The van der Waals surface area contributed by atoms with Crippen LogP contribution in [0.2, 0.25) is 0 Å². The van der Waals surface area contributed by atoms with Gasteiger partial charge in [-0.05, 0) is 19.1 Å². The average Bonchev–Trinajstić information content (AvgIpc) is 2.28. The van der Waals surface area contributed by atoms with Crippen molar-refractivity contribution in [3.05, 3.63) is 28.8 Å². The Kier molecular flexibility index (Phi) is 3.88. The molecule has 0 N–H and O–H groups in total. The van der Waals surface area contributed by atoms with Crippen LogP contribution in [0.3, 0.4) is 0 Å². The maximum Gasteiger partial charge on any atom is 0.416 e. The minimum atomic E-state index is -4.61. The van der Waals surface area contributed by atoms with Gasteiger partial charge in [-0.1, -0.05) is 0 Å². The Hall–Kier alpha value is -1.85. The lowest BCUT2D eigenvalue weighted by Crippen LogP contribution is -2.09. The van der Waals surface area contributed by atoms with Crippen molar-refractivity contribution < 1.29 is 27.5 Å². The number of ether oxygens (including phenoxy) is 1. The Morgan fingerprint density at radius 2 is 1.65 bits per heavy atom. The molecule has 17 heavy (non-hydrogen) atoms. The molecular weight excluding hydrogens is 237 g/mol. The highest BCUT2D eigenvalue weighted by Crippen LogP contribution is 2.34. The Morgan fingerprint density at radius 1 is 1.18 bits per heavy atom. The highest BCUT2D eigenvalue weighted by Gasteiger charge is 2.32. The van der Waals surface area contributed by atoms with Gasteiger partial charge in [0.05, 0.1) is 23.3 Å². The van der Waals surface area contributed by atoms with Gasteiger partial charge in [-0.3, -0.25) is 9.59 Å². The molecule has 0 radical (unpaired) electrons. The first kappa shape index (κ1) is 13.2. The predicted molar refractivity (Wildman–Crippen MR) is 53.4 cm³/mol. The van der Waals surface area contributed by atoms with Crippen LogP contribution < -0.4 is 4.74 Å². The minimum absolute atomic E-state index is 0.120. The standard InChI is InChI=1S/C11H9F3O3/c1-2-17-10-7(5-15)3-9(11(12,13)14)4-8(10)6-16/h3-6H,2H2,1H3. The number of carbonyl (C=O) groups excluding carboxylic acids is 2. The van der Waals surface area contributed by atoms with Crippen LogP contribution >= 0.6 is 0 Å². The molecule has 0 fully saturated rings. The summed E-state index contributed by atoms with van der Waals surface area (Å²) >= 11 is 0. The van der Waals surface area contributed by atoms with Crippen molar-refractivity contribution in [3.8, 4) is 5.75 Å². The van der Waals surface area contributed by atoms with E-state index in [0.29, 0.717) is 12.1 Å². The van der Waals surface area contributed by atoms with Crippen LogP contribution in [-0.2, 0) is 6.18 Å². The molecule has 1 rings (SSSR count). The highest BCUT2D eigenvalue weighted by molar-refractivity contribution is 5.89. The first-order valence-electron chi connectivity index (χ1n) is 4.72. The van der Waals surface area contributed by atoms with Gasteiger partial charge in [-0.2, -0.15) is 13.2 Å². The number of alkyl halides is 3. The molecular formula is C11H9F3O3. The number of carbonyl (C=O) groups is 2. The molecule has 1 aromatic rings. The fraction of sp³-hybridized carbons (Fsp3) is 0.273. The number of benzene rings is 1. The first-order chi connectivity index (χ1) is 7.93. The zero-order chi connectivity index (χ0) is 13.1. The second-order valence-corrected chi connectivity index (χ2v) is 3.15. The van der Waals surface area contributed by atoms with Crippen LogP contribution in [0.15, 0.2) is 12.1 Å². The molecule has 0 unspecified atom stereocenters. The van der Waals surface area contributed by atoms with E-state index in [2.05, 4.69) is 0 Å². The van der Waals surface area contributed by atoms with Gasteiger partial charge in [0.25, 0.3) is 0 Å². The van der Waals surface area contributed by atoms with E-state index < -0.39 is 11.7 Å². The van der Waals surface area contributed by atoms with Crippen LogP contribution in [0.25, 0.3) is 0 Å². The molecule has 3 nitrogen and oxygen atoms in total. The van der Waals surface area contributed by atoms with Crippen molar-refractivity contribution in [1.82, 2.24) is 0 Å². The summed E-state index contributed by atoms with van der Waals surface area (Å²) in [6.45, 7) is 1.74. The monoisotopic (exact) mass is 246 g/mol. The summed E-state index contributed by atoms with van der Waals surface area (Å²) in [6.07, 6.45) is -4.15. The van der Waals surface area contributed by atoms with Crippen LogP contribution in [0.1, 0.15) is 33.2 Å². The molecule has 0 aliphatic heterocycles. The van der Waals surface area contributed by atoms with E-state index in [-0.39, 0.29) is 36.1 Å². The van der Waals surface area contributed by atoms with E-state index in [1.54, 1.807) is 6.92 Å². The van der Waals surface area contributed by atoms with Gasteiger partial charge in [0.1, 0.15) is 5.75 Å². The largest absolute Gasteiger partial charge is 0.492 e. The first-order valence-corrected chi connectivity index (χ1v) is 4.72. The van der Waals surface area contributed by atoms with E-state index in [0.717, 1.165) is 0 Å². The van der Waals surface area contributed by atoms with Gasteiger partial charge in [0.15, 0.2) is 12.6 Å². The summed E-state index contributed by atoms with van der Waals surface area (Å²) in [7, 11) is 0. The molecule has 0 saturated carbocycles. The van der Waals surface area contributed by atoms with Gasteiger partial charge in [0.2, 0.25) is 0 Å². The number of rotatable bonds is 4. The van der Waals surface area contributed by atoms with E-state index in [4.69, 9.17) is 4.74 Å². The van der Waals surface area contributed by atoms with Crippen molar-refractivity contribution in [2.24, 2.45) is 0 Å². The molecule has 0 bridgehead atoms. The third kappa shape index (κ3) is 2.83. The second kappa shape index (κ2) is 4.99. The number of aldehydes is 2. The van der Waals surface area contributed by atoms with Gasteiger partial charge < -0.3 is 4.74 Å². The normalized spacial score (nSPS) is 11.1. The molecule has 0 aromatic heterocycles. The quantitative estimate of drug-likeness (QED) is 0.767. The van der Waals surface area contributed by atoms with Crippen molar-refractivity contribution in [2.45, 2.75) is 13.1 Å². The number of halogens is 3. The molecule has 0 heterocycles. The predicted octanol–water partition coefficient (Wildman–Crippen LogP) is 2.73. The Labute approximate surface area is 95.2 Å². The second-order valence-electron chi connectivity index (χ2n) is 3.15. The third-order valence-corrected chi connectivity index (χ3v) is 2.02. The Morgan fingerprint density at radius 3 is 1.94 bits per heavy atom. The number of hydrogen-bond donors (Lipinski definition) is 0. The van der Waals surface area contributed by atoms with Gasteiger partial charge >= 0.3 is 6.18 Å². The highest BCUT2D eigenvalue weighted by atomic mass is 19.4. The lowest BCUT2D eigenvalue weighted by Gasteiger charge is -2.13. The maximum atomic E-state index is 12.5. The molecule has 0 aliphatic carbocycles. The van der Waals surface area contributed by atoms with Crippen LogP contribution in [0.5, 0.6) is 5.75 Å². The zero-order valence-corrected chi connectivity index (χ0v) is 8.88. The Bertz CT molecular complexity index is 409. The summed E-state index contributed by atoms with van der Waals surface area (Å²) in [5.74, 6) is -0.120. The fourth-order valence-corrected chi connectivity index (χ4v) is 1.32. The van der Waals surface area contributed by atoms with Gasteiger partial charge in [-0.25, -0.2) is 0 Å². The summed E-state index contributed by atoms with van der Waals surface area (Å²) in [5.41, 5.74) is -1.63. The van der Waals surface area contributed by atoms with E-state index in [9.17, 15) is 22.8 Å². The molecule has 1 aromatic carbocycles. The van der Waals surface area contributed by atoms with Crippen molar-refractivity contribution in [3.63, 3.8) is 0 Å². The lowest BCUT2D eigenvalue weighted by molar-refractivity contribution is -0.137. The zero-order valence-electron chi connectivity index (χ0n) is 8.88. The molecule has 0 amide bonds. The lowest BCUT2D eigenvalue weighted by atomic mass is 10.0. The molecule has 6 heteroatoms. The minimum Gasteiger partial charge on any atom is -0.492 e. The topological polar surface area (TPSA) is 43.4 Å². The molecule has 0 atom stereocenters. The number of hydrogen-bond acceptors (Lipinski definition) is 3. The average molecular weight is 246 g/mol. The van der Waals surface area contributed by atoms with Gasteiger partial charge in [-0.15, -0.1) is 0 Å². The van der Waals surface area contributed by atoms with Crippen molar-refractivity contribution in [1.29, 1.82) is 0 Å². The van der Waals surface area contributed by atoms with Crippen molar-refractivity contribution in [2.75, 3.05) is 6.61 Å². The molecule has 0 saturated heterocycles. The molecule has 0 spiro atoms. The van der Waals surface area contributed by atoms with Crippen LogP contribution in [0, 0.1) is 0 Å². The maximum absolute atomic E-state index is 12.5. The van der Waals surface area contributed by atoms with E-state index in [1.807, 2.05) is 0 Å². The van der Waals surface area contributed by atoms with Gasteiger partial charge in [0, 0.05) is 0 Å². The smallest absolute Gasteiger partial charge is 0.416 e. The summed E-state index contributed by atoms with van der Waals surface area (Å²) in [5, 5.41) is 0. The van der Waals surface area contributed by atoms with Crippen LogP contribution in [-0.4, -0.2) is 19.2 Å². The van der Waals surface area contributed by atoms with Crippen LogP contribution in [0.4, 0.5) is 13.2 Å². The summed E-state index contributed by atoms with van der Waals surface area (Å²) in [6, 6.07) is 1.32. The fourth-order valence-electron chi connectivity index (χ4n) is 1.32. The molecule has 0 aliphatic rings. The third-order valence-electron chi connectivity index (χ3n) is 2.02. The summed E-state index contributed by atoms with van der Waals surface area (Å²) < 4.78 is 42.4.